The highest BCUT2D eigenvalue weighted by molar-refractivity contribution is 4.57. The van der Waals surface area contributed by atoms with Gasteiger partial charge in [0.2, 0.25) is 0 Å². The van der Waals surface area contributed by atoms with Gasteiger partial charge in [0.05, 0.1) is 19.2 Å². The number of unbranched alkanes of at least 4 members (excludes halogenated alkanes) is 11. The molecule has 0 unspecified atom stereocenters. The molecule has 0 amide bonds. The van der Waals surface area contributed by atoms with Gasteiger partial charge in [0.25, 0.3) is 0 Å². The van der Waals surface area contributed by atoms with Gasteiger partial charge in [0.1, 0.15) is 0 Å². The van der Waals surface area contributed by atoms with Crippen LogP contribution in [-0.2, 0) is 0 Å². The van der Waals surface area contributed by atoms with Gasteiger partial charge in [-0.2, -0.15) is 0 Å². The highest BCUT2D eigenvalue weighted by Gasteiger charge is 2.03. The van der Waals surface area contributed by atoms with E-state index in [0.29, 0.717) is 0 Å². The summed E-state index contributed by atoms with van der Waals surface area (Å²) >= 11 is 0. The molecular weight excluding hydrogens is 282 g/mol. The van der Waals surface area contributed by atoms with Gasteiger partial charge in [0.15, 0.2) is 0 Å². The zero-order valence-corrected chi connectivity index (χ0v) is 16.3. The van der Waals surface area contributed by atoms with Crippen molar-refractivity contribution in [3.63, 3.8) is 0 Å². The van der Waals surface area contributed by atoms with Crippen molar-refractivity contribution >= 4 is 0 Å². The highest BCUT2D eigenvalue weighted by Crippen LogP contribution is 2.14. The van der Waals surface area contributed by atoms with E-state index in [9.17, 15) is 5.11 Å². The lowest BCUT2D eigenvalue weighted by molar-refractivity contribution is -0.655. The van der Waals surface area contributed by atoms with Crippen molar-refractivity contribution in [2.75, 3.05) is 13.1 Å². The van der Waals surface area contributed by atoms with Crippen LogP contribution in [0.1, 0.15) is 117 Å². The first-order chi connectivity index (χ1) is 11.3. The molecule has 2 heteroatoms. The summed E-state index contributed by atoms with van der Waals surface area (Å²) in [5, 5.41) is 12.4. The van der Waals surface area contributed by atoms with Crippen LogP contribution in [0.2, 0.25) is 0 Å². The molecule has 0 spiro atoms. The minimum atomic E-state index is -0.0311. The molecule has 0 radical (unpaired) electrons. The van der Waals surface area contributed by atoms with E-state index in [0.717, 1.165) is 12.8 Å². The molecule has 0 aliphatic carbocycles. The van der Waals surface area contributed by atoms with Gasteiger partial charge in [-0.3, -0.25) is 0 Å². The lowest BCUT2D eigenvalue weighted by Crippen LogP contribution is -2.84. The van der Waals surface area contributed by atoms with Crippen molar-refractivity contribution in [1.29, 1.82) is 0 Å². The second kappa shape index (κ2) is 20.0. The third kappa shape index (κ3) is 19.9. The van der Waals surface area contributed by atoms with Crippen LogP contribution in [0.4, 0.5) is 0 Å². The third-order valence-corrected chi connectivity index (χ3v) is 4.83. The molecule has 0 fully saturated rings. The molecule has 23 heavy (non-hydrogen) atoms. The van der Waals surface area contributed by atoms with Crippen LogP contribution in [0.25, 0.3) is 0 Å². The molecule has 0 rings (SSSR count). The van der Waals surface area contributed by atoms with Crippen molar-refractivity contribution in [2.45, 2.75) is 123 Å². The summed E-state index contributed by atoms with van der Waals surface area (Å²) in [5.41, 5.74) is 0. The topological polar surface area (TPSA) is 36.8 Å². The van der Waals surface area contributed by atoms with Crippen molar-refractivity contribution in [3.8, 4) is 0 Å². The van der Waals surface area contributed by atoms with E-state index in [1.54, 1.807) is 0 Å². The van der Waals surface area contributed by atoms with E-state index in [4.69, 9.17) is 0 Å². The summed E-state index contributed by atoms with van der Waals surface area (Å²) in [6, 6.07) is 0. The van der Waals surface area contributed by atoms with Gasteiger partial charge >= 0.3 is 0 Å². The molecule has 0 heterocycles. The van der Waals surface area contributed by atoms with Crippen molar-refractivity contribution in [3.05, 3.63) is 0 Å². The van der Waals surface area contributed by atoms with Crippen LogP contribution in [0.5, 0.6) is 0 Å². The number of hydrogen-bond acceptors (Lipinski definition) is 1. The summed E-state index contributed by atoms with van der Waals surface area (Å²) in [4.78, 5) is 0. The smallest absolute Gasteiger partial charge is 0.0755 e. The van der Waals surface area contributed by atoms with Crippen LogP contribution in [0, 0.1) is 0 Å². The largest absolute Gasteiger partial charge is 0.393 e. The average molecular weight is 329 g/mol. The molecule has 0 saturated carbocycles. The Balaban J connectivity index is 3.07. The van der Waals surface area contributed by atoms with Gasteiger partial charge in [-0.05, 0) is 32.1 Å². The highest BCUT2D eigenvalue weighted by atomic mass is 16.3. The lowest BCUT2D eigenvalue weighted by atomic mass is 10.0. The number of nitrogens with two attached hydrogens (primary N) is 1. The molecule has 0 bridgehead atoms. The minimum absolute atomic E-state index is 0.0311. The minimum Gasteiger partial charge on any atom is -0.393 e. The van der Waals surface area contributed by atoms with E-state index in [2.05, 4.69) is 19.2 Å². The molecule has 1 atom stereocenters. The van der Waals surface area contributed by atoms with Gasteiger partial charge in [-0.15, -0.1) is 0 Å². The second-order valence-electron chi connectivity index (χ2n) is 7.34. The predicted molar refractivity (Wildman–Crippen MR) is 103 cm³/mol. The van der Waals surface area contributed by atoms with Gasteiger partial charge < -0.3 is 10.4 Å². The maximum atomic E-state index is 9.92. The average Bonchev–Trinajstić information content (AvgIpc) is 2.56. The summed E-state index contributed by atoms with van der Waals surface area (Å²) < 4.78 is 0. The van der Waals surface area contributed by atoms with Crippen molar-refractivity contribution in [2.24, 2.45) is 0 Å². The predicted octanol–water partition coefficient (Wildman–Crippen LogP) is 5.19. The molecule has 0 saturated heterocycles. The Kier molecular flexibility index (Phi) is 19.9. The van der Waals surface area contributed by atoms with Crippen molar-refractivity contribution < 1.29 is 10.4 Å². The number of hydrogen-bond donors (Lipinski definition) is 2. The Morgan fingerprint density at radius 3 is 1.57 bits per heavy atom. The van der Waals surface area contributed by atoms with E-state index in [-0.39, 0.29) is 6.10 Å². The Bertz CT molecular complexity index is 208. The zero-order valence-electron chi connectivity index (χ0n) is 16.3. The fourth-order valence-corrected chi connectivity index (χ4v) is 3.21. The molecule has 0 aromatic rings. The Morgan fingerprint density at radius 2 is 1.04 bits per heavy atom. The van der Waals surface area contributed by atoms with Gasteiger partial charge in [-0.1, -0.05) is 84.5 Å². The van der Waals surface area contributed by atoms with Crippen LogP contribution in [-0.4, -0.2) is 24.3 Å². The fraction of sp³-hybridized carbons (Fsp3) is 1.00. The SMILES string of the molecule is CCCCCC[C@@H](O)CCCCCCCCCCC[NH2+]CCC. The molecule has 0 aliphatic rings. The monoisotopic (exact) mass is 328 g/mol. The Labute approximate surface area is 146 Å². The summed E-state index contributed by atoms with van der Waals surface area (Å²) in [7, 11) is 0. The summed E-state index contributed by atoms with van der Waals surface area (Å²) in [5.74, 6) is 0. The Morgan fingerprint density at radius 1 is 0.565 bits per heavy atom. The third-order valence-electron chi connectivity index (χ3n) is 4.83. The Hall–Kier alpha value is -0.0800. The maximum absolute atomic E-state index is 9.92. The van der Waals surface area contributed by atoms with Gasteiger partial charge in [0, 0.05) is 0 Å². The number of aliphatic hydroxyl groups excluding tert-OH is 1. The molecular formula is C21H46NO+. The van der Waals surface area contributed by atoms with Crippen LogP contribution in [0.3, 0.4) is 0 Å². The quantitative estimate of drug-likeness (QED) is 0.314. The number of rotatable bonds is 19. The normalized spacial score (nSPS) is 12.7. The molecule has 140 valence electrons. The number of aliphatic hydroxyl groups is 1. The van der Waals surface area contributed by atoms with Crippen LogP contribution in [0.15, 0.2) is 0 Å². The summed E-state index contributed by atoms with van der Waals surface area (Å²) in [6.07, 6.45) is 20.8. The second-order valence-corrected chi connectivity index (χ2v) is 7.34. The van der Waals surface area contributed by atoms with Crippen LogP contribution < -0.4 is 5.32 Å². The number of quaternary nitrogens is 1. The molecule has 0 aromatic heterocycles. The van der Waals surface area contributed by atoms with Crippen molar-refractivity contribution in [1.82, 2.24) is 0 Å². The standard InChI is InChI=1S/C21H45NO/c1-3-5-6-14-17-21(23)18-15-12-10-8-7-9-11-13-16-20-22-19-4-2/h21-23H,3-20H2,1-2H3/p+1/t21-/m1/s1. The van der Waals surface area contributed by atoms with Crippen LogP contribution >= 0.6 is 0 Å². The fourth-order valence-electron chi connectivity index (χ4n) is 3.21. The van der Waals surface area contributed by atoms with E-state index in [1.165, 1.54) is 103 Å². The first-order valence-corrected chi connectivity index (χ1v) is 10.8. The van der Waals surface area contributed by atoms with E-state index < -0.39 is 0 Å². The molecule has 0 aliphatic heterocycles. The summed E-state index contributed by atoms with van der Waals surface area (Å²) in [6.45, 7) is 7.12. The lowest BCUT2D eigenvalue weighted by Gasteiger charge is -2.10. The first-order valence-electron chi connectivity index (χ1n) is 10.8. The molecule has 3 N–H and O–H groups in total. The van der Waals surface area contributed by atoms with Gasteiger partial charge in [-0.25, -0.2) is 0 Å². The molecule has 2 nitrogen and oxygen atoms in total. The van der Waals surface area contributed by atoms with E-state index >= 15 is 0 Å². The molecule has 0 aromatic carbocycles. The maximum Gasteiger partial charge on any atom is 0.0755 e. The zero-order chi connectivity index (χ0) is 17.0. The first kappa shape index (κ1) is 22.9. The van der Waals surface area contributed by atoms with E-state index in [1.807, 2.05) is 0 Å².